The van der Waals surface area contributed by atoms with Gasteiger partial charge in [-0.05, 0) is 32.7 Å². The molecule has 0 spiro atoms. The van der Waals surface area contributed by atoms with E-state index in [0.29, 0.717) is 19.6 Å². The molecular formula is C8H15N3O2. The van der Waals surface area contributed by atoms with E-state index in [0.717, 1.165) is 0 Å². The third-order valence-electron chi connectivity index (χ3n) is 2.02. The van der Waals surface area contributed by atoms with Gasteiger partial charge in [0, 0.05) is 11.5 Å². The van der Waals surface area contributed by atoms with Crippen molar-refractivity contribution in [1.29, 1.82) is 0 Å². The molecule has 0 amide bonds. The molecule has 1 aliphatic rings. The zero-order chi connectivity index (χ0) is 9.95. The van der Waals surface area contributed by atoms with Crippen molar-refractivity contribution >= 4 is 0 Å². The molecule has 1 fully saturated rings. The topological polar surface area (TPSA) is 67.2 Å². The molecule has 0 aliphatic carbocycles. The lowest BCUT2D eigenvalue weighted by atomic mass is 10.0. The van der Waals surface area contributed by atoms with Crippen LogP contribution in [0.25, 0.3) is 10.4 Å². The van der Waals surface area contributed by atoms with E-state index >= 15 is 0 Å². The van der Waals surface area contributed by atoms with Gasteiger partial charge in [-0.3, -0.25) is 0 Å². The van der Waals surface area contributed by atoms with Crippen LogP contribution in [0.4, 0.5) is 0 Å². The maximum absolute atomic E-state index is 8.11. The first-order chi connectivity index (χ1) is 5.97. The van der Waals surface area contributed by atoms with Crippen LogP contribution in [-0.4, -0.2) is 24.5 Å². The highest BCUT2D eigenvalue weighted by atomic mass is 16.7. The maximum Gasteiger partial charge on any atom is 0.163 e. The van der Waals surface area contributed by atoms with Crippen molar-refractivity contribution in [3.05, 3.63) is 10.4 Å². The fourth-order valence-corrected chi connectivity index (χ4v) is 1.43. The molecule has 1 saturated heterocycles. The van der Waals surface area contributed by atoms with Crippen LogP contribution in [0.2, 0.25) is 0 Å². The van der Waals surface area contributed by atoms with E-state index in [4.69, 9.17) is 15.0 Å². The number of nitrogens with zero attached hydrogens (tertiary/aromatic N) is 3. The SMILES string of the molecule is CC1(C)OC[C@](C)(CCN=[N+]=[N-])O1. The molecular weight excluding hydrogens is 170 g/mol. The molecule has 1 rings (SSSR count). The fraction of sp³-hybridized carbons (Fsp3) is 1.00. The third kappa shape index (κ3) is 2.88. The lowest BCUT2D eigenvalue weighted by Crippen LogP contribution is -2.31. The van der Waals surface area contributed by atoms with Gasteiger partial charge >= 0.3 is 0 Å². The lowest BCUT2D eigenvalue weighted by molar-refractivity contribution is -0.158. The van der Waals surface area contributed by atoms with Crippen molar-refractivity contribution in [2.75, 3.05) is 13.2 Å². The summed E-state index contributed by atoms with van der Waals surface area (Å²) in [5, 5.41) is 3.47. The number of ether oxygens (including phenoxy) is 2. The molecule has 0 unspecified atom stereocenters. The molecule has 0 aromatic heterocycles. The highest BCUT2D eigenvalue weighted by Crippen LogP contribution is 2.32. The Bertz CT molecular complexity index is 236. The second kappa shape index (κ2) is 3.54. The first-order valence-corrected chi connectivity index (χ1v) is 4.32. The van der Waals surface area contributed by atoms with Gasteiger partial charge in [0.15, 0.2) is 5.79 Å². The summed E-state index contributed by atoms with van der Waals surface area (Å²) in [5.41, 5.74) is 7.81. The van der Waals surface area contributed by atoms with Gasteiger partial charge in [0.05, 0.1) is 12.2 Å². The molecule has 5 heteroatoms. The van der Waals surface area contributed by atoms with Gasteiger partial charge in [0.1, 0.15) is 0 Å². The zero-order valence-corrected chi connectivity index (χ0v) is 8.28. The predicted molar refractivity (Wildman–Crippen MR) is 48.2 cm³/mol. The van der Waals surface area contributed by atoms with Gasteiger partial charge in [0.2, 0.25) is 0 Å². The summed E-state index contributed by atoms with van der Waals surface area (Å²) in [6.45, 7) is 6.74. The predicted octanol–water partition coefficient (Wildman–Crippen LogP) is 2.23. The van der Waals surface area contributed by atoms with E-state index in [1.54, 1.807) is 0 Å². The van der Waals surface area contributed by atoms with Crippen LogP contribution >= 0.6 is 0 Å². The van der Waals surface area contributed by atoms with E-state index in [2.05, 4.69) is 10.0 Å². The molecule has 1 heterocycles. The van der Waals surface area contributed by atoms with Crippen LogP contribution in [0.5, 0.6) is 0 Å². The summed E-state index contributed by atoms with van der Waals surface area (Å²) in [7, 11) is 0. The Labute approximate surface area is 77.6 Å². The van der Waals surface area contributed by atoms with Crippen molar-refractivity contribution in [3.63, 3.8) is 0 Å². The van der Waals surface area contributed by atoms with Crippen molar-refractivity contribution in [2.45, 2.75) is 38.6 Å². The van der Waals surface area contributed by atoms with Crippen LogP contribution < -0.4 is 0 Å². The lowest BCUT2D eigenvalue weighted by Gasteiger charge is -2.24. The normalized spacial score (nSPS) is 31.3. The molecule has 0 aromatic carbocycles. The van der Waals surface area contributed by atoms with E-state index in [-0.39, 0.29) is 5.60 Å². The highest BCUT2D eigenvalue weighted by molar-refractivity contribution is 4.84. The van der Waals surface area contributed by atoms with E-state index in [1.165, 1.54) is 0 Å². The Hall–Kier alpha value is -0.770. The second-order valence-electron chi connectivity index (χ2n) is 3.94. The van der Waals surface area contributed by atoms with Crippen molar-refractivity contribution < 1.29 is 9.47 Å². The van der Waals surface area contributed by atoms with Crippen molar-refractivity contribution in [3.8, 4) is 0 Å². The summed E-state index contributed by atoms with van der Waals surface area (Å²) in [4.78, 5) is 2.69. The summed E-state index contributed by atoms with van der Waals surface area (Å²) >= 11 is 0. The van der Waals surface area contributed by atoms with E-state index in [9.17, 15) is 0 Å². The molecule has 1 aliphatic heterocycles. The first kappa shape index (κ1) is 10.3. The van der Waals surface area contributed by atoms with Crippen LogP contribution in [0.1, 0.15) is 27.2 Å². The minimum Gasteiger partial charge on any atom is -0.348 e. The zero-order valence-electron chi connectivity index (χ0n) is 8.28. The summed E-state index contributed by atoms with van der Waals surface area (Å²) in [6.07, 6.45) is 0.695. The molecule has 0 aromatic rings. The Morgan fingerprint density at radius 1 is 1.46 bits per heavy atom. The molecule has 74 valence electrons. The molecule has 0 radical (unpaired) electrons. The monoisotopic (exact) mass is 185 g/mol. The van der Waals surface area contributed by atoms with Crippen LogP contribution in [0.15, 0.2) is 5.11 Å². The molecule has 5 nitrogen and oxygen atoms in total. The number of azide groups is 1. The smallest absolute Gasteiger partial charge is 0.163 e. The van der Waals surface area contributed by atoms with Gasteiger partial charge in [-0.25, -0.2) is 0 Å². The Kier molecular flexibility index (Phi) is 2.81. The molecule has 0 bridgehead atoms. The number of rotatable bonds is 3. The second-order valence-corrected chi connectivity index (χ2v) is 3.94. The molecule has 0 N–H and O–H groups in total. The molecule has 13 heavy (non-hydrogen) atoms. The standard InChI is InChI=1S/C8H15N3O2/c1-7(2)12-6-8(3,13-7)4-5-10-11-9/h4-6H2,1-3H3/t8-/m0/s1. The highest BCUT2D eigenvalue weighted by Gasteiger charge is 2.41. The maximum atomic E-state index is 8.11. The number of hydrogen-bond acceptors (Lipinski definition) is 3. The van der Waals surface area contributed by atoms with E-state index in [1.807, 2.05) is 20.8 Å². The minimum absolute atomic E-state index is 0.308. The van der Waals surface area contributed by atoms with E-state index < -0.39 is 5.79 Å². The average molecular weight is 185 g/mol. The quantitative estimate of drug-likeness (QED) is 0.384. The van der Waals surface area contributed by atoms with Gasteiger partial charge in [0.25, 0.3) is 0 Å². The number of hydrogen-bond donors (Lipinski definition) is 0. The summed E-state index contributed by atoms with van der Waals surface area (Å²) < 4.78 is 11.1. The summed E-state index contributed by atoms with van der Waals surface area (Å²) in [5.74, 6) is -0.509. The van der Waals surface area contributed by atoms with Crippen molar-refractivity contribution in [1.82, 2.24) is 0 Å². The Morgan fingerprint density at radius 3 is 2.62 bits per heavy atom. The van der Waals surface area contributed by atoms with Crippen LogP contribution in [0, 0.1) is 0 Å². The van der Waals surface area contributed by atoms with Crippen LogP contribution in [0.3, 0.4) is 0 Å². The summed E-state index contributed by atoms with van der Waals surface area (Å²) in [6, 6.07) is 0. The molecule has 0 saturated carbocycles. The Balaban J connectivity index is 2.45. The fourth-order valence-electron chi connectivity index (χ4n) is 1.43. The largest absolute Gasteiger partial charge is 0.348 e. The van der Waals surface area contributed by atoms with Crippen LogP contribution in [-0.2, 0) is 9.47 Å². The van der Waals surface area contributed by atoms with Gasteiger partial charge < -0.3 is 9.47 Å². The minimum atomic E-state index is -0.509. The Morgan fingerprint density at radius 2 is 2.15 bits per heavy atom. The average Bonchev–Trinajstić information content (AvgIpc) is 2.27. The van der Waals surface area contributed by atoms with Gasteiger partial charge in [-0.1, -0.05) is 5.11 Å². The van der Waals surface area contributed by atoms with Gasteiger partial charge in [-0.15, -0.1) is 0 Å². The van der Waals surface area contributed by atoms with Crippen molar-refractivity contribution in [2.24, 2.45) is 5.11 Å². The first-order valence-electron chi connectivity index (χ1n) is 4.32. The van der Waals surface area contributed by atoms with Gasteiger partial charge in [-0.2, -0.15) is 0 Å². The third-order valence-corrected chi connectivity index (χ3v) is 2.02. The molecule has 1 atom stereocenters.